The first-order valence-electron chi connectivity index (χ1n) is 18.6. The molecule has 2 atom stereocenters. The van der Waals surface area contributed by atoms with E-state index in [9.17, 15) is 11.0 Å². The molecule has 4 saturated carbocycles. The third-order valence-corrected chi connectivity index (χ3v) is 4.37. The first kappa shape index (κ1) is 5.15. The van der Waals surface area contributed by atoms with Gasteiger partial charge in [0.05, 0.1) is 2.74 Å². The average molecular weight is 379 g/mol. The number of fused-ring (bicyclic) bond motifs is 1. The van der Waals surface area contributed by atoms with Crippen molar-refractivity contribution in [1.82, 2.24) is 19.1 Å². The lowest BCUT2D eigenvalue weighted by Crippen LogP contribution is -2.40. The van der Waals surface area contributed by atoms with Crippen LogP contribution in [0.3, 0.4) is 0 Å². The number of nitrogens with zero attached hydrogens (tertiary/aromatic N) is 3. The van der Waals surface area contributed by atoms with Crippen molar-refractivity contribution < 1.29 is 30.2 Å². The summed E-state index contributed by atoms with van der Waals surface area (Å²) in [5.74, 6) is -13.2. The van der Waals surface area contributed by atoms with E-state index in [0.717, 1.165) is 6.92 Å². The summed E-state index contributed by atoms with van der Waals surface area (Å²) in [6.45, 7) is -8.16. The highest BCUT2D eigenvalue weighted by atomic mass is 16.2. The van der Waals surface area contributed by atoms with Crippen LogP contribution in [0.15, 0.2) is 9.59 Å². The molecule has 0 amide bonds. The van der Waals surface area contributed by atoms with Crippen LogP contribution in [0.4, 0.5) is 0 Å². The molecular weight excluding hydrogens is 328 g/mol. The van der Waals surface area contributed by atoms with Crippen molar-refractivity contribution in [3.63, 3.8) is 0 Å². The fraction of sp³-hybridized carbons (Fsp3) is 0.750. The van der Waals surface area contributed by atoms with Crippen molar-refractivity contribution in [2.45, 2.75) is 76.8 Å². The molecule has 6 rings (SSSR count). The van der Waals surface area contributed by atoms with Crippen LogP contribution in [0, 0.1) is 17.7 Å². The molecular formula is C20H28N4O2. The van der Waals surface area contributed by atoms with Gasteiger partial charge in [0.2, 0.25) is 0 Å². The predicted molar refractivity (Wildman–Crippen MR) is 100 cm³/mol. The fourth-order valence-corrected chi connectivity index (χ4v) is 3.30. The summed E-state index contributed by atoms with van der Waals surface area (Å²) in [6.07, 6.45) is -26.5. The molecule has 6 heteroatoms. The lowest BCUT2D eigenvalue weighted by atomic mass is 9.75. The number of hydrogen-bond acceptors (Lipinski definition) is 3. The number of aromatic amines is 1. The number of aromatic nitrogens is 4. The van der Waals surface area contributed by atoms with Gasteiger partial charge >= 0.3 is 5.69 Å². The van der Waals surface area contributed by atoms with Crippen LogP contribution >= 0.6 is 0 Å². The van der Waals surface area contributed by atoms with Crippen LogP contribution in [0.2, 0.25) is 0 Å². The Morgan fingerprint density at radius 1 is 1.31 bits per heavy atom. The Morgan fingerprint density at radius 3 is 2.77 bits per heavy atom. The van der Waals surface area contributed by atoms with E-state index in [4.69, 9.17) is 28.8 Å². The van der Waals surface area contributed by atoms with E-state index < -0.39 is 120 Å². The van der Waals surface area contributed by atoms with Crippen molar-refractivity contribution in [2.24, 2.45) is 17.7 Å². The van der Waals surface area contributed by atoms with Crippen LogP contribution in [0.5, 0.6) is 0 Å². The van der Waals surface area contributed by atoms with E-state index >= 15 is 0 Å². The molecule has 2 aromatic heterocycles. The van der Waals surface area contributed by atoms with Gasteiger partial charge in [-0.05, 0) is 62.3 Å². The van der Waals surface area contributed by atoms with Crippen LogP contribution in [0.1, 0.15) is 94.4 Å². The van der Waals surface area contributed by atoms with E-state index in [1.165, 1.54) is 0 Å². The Morgan fingerprint density at radius 2 is 2.08 bits per heavy atom. The number of hydrogen-bond donors (Lipinski definition) is 1. The molecule has 4 aliphatic carbocycles. The minimum absolute atomic E-state index is 0.192. The van der Waals surface area contributed by atoms with Crippen LogP contribution in [0.25, 0.3) is 11.2 Å². The molecule has 140 valence electrons. The molecule has 0 radical (unpaired) electrons. The molecule has 0 aliphatic heterocycles. The van der Waals surface area contributed by atoms with E-state index in [2.05, 4.69) is 9.97 Å². The normalized spacial score (nSPS) is 65.0. The zero-order valence-corrected chi connectivity index (χ0v) is 13.4. The lowest BCUT2D eigenvalue weighted by molar-refractivity contribution is 0.262. The molecule has 2 heterocycles. The predicted octanol–water partition coefficient (Wildman–Crippen LogP) is 2.78. The topological polar surface area (TPSA) is 72.7 Å². The fourth-order valence-electron chi connectivity index (χ4n) is 3.30. The highest BCUT2D eigenvalue weighted by Gasteiger charge is 2.59. The largest absolute Gasteiger partial charge is 0.336 e. The molecule has 0 aromatic carbocycles. The van der Waals surface area contributed by atoms with Gasteiger partial charge in [0.15, 0.2) is 5.65 Å². The third kappa shape index (κ3) is 2.01. The standard InChI is InChI=1S/C20H28N4O2/c1-3-5-23-16-15(17(25)24(6-4-2)19(23)26)21-18(22-16)20-10-12-7-13(11-20)9-14(20)8-12/h12-14H,3-11H2,1-2H3,(H,21,22)/i2D3,3D2,4D2,6D2,7D2,8D2,9D2,10D2,11D2,12D,13D,14D. The molecule has 4 aliphatic rings. The molecule has 0 saturated heterocycles. The van der Waals surface area contributed by atoms with Crippen molar-refractivity contribution in [3.05, 3.63) is 26.7 Å². The average Bonchev–Trinajstić information content (AvgIpc) is 3.37. The Kier molecular flexibility index (Phi) is 1.10. The smallest absolute Gasteiger partial charge is 0.332 e. The summed E-state index contributed by atoms with van der Waals surface area (Å²) in [5, 5.41) is 0. The third-order valence-electron chi connectivity index (χ3n) is 4.37. The van der Waals surface area contributed by atoms with Crippen molar-refractivity contribution in [3.8, 4) is 0 Å². The van der Waals surface area contributed by atoms with Crippen molar-refractivity contribution in [1.29, 1.82) is 0 Å². The van der Waals surface area contributed by atoms with Gasteiger partial charge in [0, 0.05) is 45.9 Å². The zero-order chi connectivity index (χ0) is 37.7. The van der Waals surface area contributed by atoms with Crippen LogP contribution in [-0.4, -0.2) is 19.1 Å². The second kappa shape index (κ2) is 5.57. The van der Waals surface area contributed by atoms with E-state index in [0.29, 0.717) is 0 Å². The van der Waals surface area contributed by atoms with Gasteiger partial charge in [0.25, 0.3) is 5.56 Å². The quantitative estimate of drug-likeness (QED) is 0.869. The SMILES string of the molecule is [2H]C([2H])(C)Cn1c(=O)n(C([2H])([2H])C([2H])([2H])C([2H])([2H])[2H])c(=O)c2[nH]c(C34C([2H])([2H])C5([2H])C([2H])([2H])C([2H])(C([2H])([2H])C3([2H])C5([2H])[2H])C4([2H])[2H])nc21. The van der Waals surface area contributed by atoms with E-state index in [-0.39, 0.29) is 4.57 Å². The minimum atomic E-state index is -4.06. The molecule has 0 spiro atoms. The lowest BCUT2D eigenvalue weighted by Gasteiger charge is -2.30. The molecule has 26 heavy (non-hydrogen) atoms. The van der Waals surface area contributed by atoms with E-state index in [1.807, 2.05) is 0 Å². The summed E-state index contributed by atoms with van der Waals surface area (Å²) in [7, 11) is 0. The monoisotopic (exact) mass is 378 g/mol. The number of rotatable bonds is 5. The zero-order valence-electron chi connectivity index (χ0n) is 35.4. The van der Waals surface area contributed by atoms with Gasteiger partial charge in [-0.2, -0.15) is 0 Å². The number of nitrogens with one attached hydrogen (secondary N) is 1. The van der Waals surface area contributed by atoms with Crippen molar-refractivity contribution in [2.75, 3.05) is 0 Å². The van der Waals surface area contributed by atoms with Gasteiger partial charge in [-0.25, -0.2) is 9.78 Å². The molecule has 1 N–H and O–H groups in total. The Hall–Kier alpha value is -1.85. The van der Waals surface area contributed by atoms with Gasteiger partial charge in [-0.1, -0.05) is 13.8 Å². The van der Waals surface area contributed by atoms with Gasteiger partial charge in [0.1, 0.15) is 11.3 Å². The van der Waals surface area contributed by atoms with Crippen LogP contribution < -0.4 is 11.2 Å². The second-order valence-corrected chi connectivity index (χ2v) is 5.88. The number of H-pyrrole nitrogens is 1. The highest BCUT2D eigenvalue weighted by molar-refractivity contribution is 5.70. The Balaban J connectivity index is 2.04. The molecule has 2 aromatic rings. The minimum Gasteiger partial charge on any atom is -0.336 e. The first-order chi connectivity index (χ1) is 20.9. The highest BCUT2D eigenvalue weighted by Crippen LogP contribution is 2.65. The van der Waals surface area contributed by atoms with Crippen molar-refractivity contribution >= 4 is 11.2 Å². The second-order valence-electron chi connectivity index (χ2n) is 5.88. The molecule has 6 nitrogen and oxygen atoms in total. The maximum Gasteiger partial charge on any atom is 0.332 e. The molecule has 4 bridgehead atoms. The summed E-state index contributed by atoms with van der Waals surface area (Å²) < 4.78 is 186. The summed E-state index contributed by atoms with van der Waals surface area (Å²) in [4.78, 5) is 33.5. The van der Waals surface area contributed by atoms with Gasteiger partial charge in [-0.15, -0.1) is 0 Å². The number of aryl methyl sites for hydroxylation is 1. The van der Waals surface area contributed by atoms with Gasteiger partial charge < -0.3 is 4.98 Å². The first-order valence-corrected chi connectivity index (χ1v) is 7.64. The maximum absolute atomic E-state index is 13.8. The Bertz CT molecular complexity index is 1840. The van der Waals surface area contributed by atoms with Crippen LogP contribution in [-0.2, 0) is 18.5 Å². The summed E-state index contributed by atoms with van der Waals surface area (Å²) in [6, 6.07) is 0. The number of imidazole rings is 1. The molecule has 2 unspecified atom stereocenters. The van der Waals surface area contributed by atoms with E-state index in [1.54, 1.807) is 0 Å². The summed E-state index contributed by atoms with van der Waals surface area (Å²) >= 11 is 0. The summed E-state index contributed by atoms with van der Waals surface area (Å²) in [5.41, 5.74) is -9.89. The maximum atomic E-state index is 13.8. The Labute approximate surface area is 183 Å². The molecule has 4 fully saturated rings. The van der Waals surface area contributed by atoms with Gasteiger partial charge in [-0.3, -0.25) is 13.9 Å².